The highest BCUT2D eigenvalue weighted by Gasteiger charge is 2.39. The predicted molar refractivity (Wildman–Crippen MR) is 75.6 cm³/mol. The largest absolute Gasteiger partial charge is 0.378 e. The van der Waals surface area contributed by atoms with Gasteiger partial charge in [-0.2, -0.15) is 5.26 Å². The molecule has 0 aromatic heterocycles. The van der Waals surface area contributed by atoms with Gasteiger partial charge < -0.3 is 9.64 Å². The van der Waals surface area contributed by atoms with Crippen molar-refractivity contribution in [1.29, 1.82) is 5.26 Å². The number of ether oxygens (including phenoxy) is 1. The number of benzene rings is 1. The Morgan fingerprint density at radius 3 is 2.37 bits per heavy atom. The minimum absolute atomic E-state index is 0.281. The standard InChI is InChI=1S/C16H22N2O/c1-3-4-14-5-7-15(8-6-14)9-18(2)11-16(10-17)12-19-13-16/h5-8H,3-4,9,11-13H2,1-2H3. The molecule has 1 heterocycles. The molecule has 0 saturated carbocycles. The zero-order valence-electron chi connectivity index (χ0n) is 11.9. The van der Waals surface area contributed by atoms with Crippen molar-refractivity contribution in [2.75, 3.05) is 26.8 Å². The molecule has 2 rings (SSSR count). The molecule has 0 atom stereocenters. The summed E-state index contributed by atoms with van der Waals surface area (Å²) < 4.78 is 5.17. The van der Waals surface area contributed by atoms with Crippen LogP contribution in [0.2, 0.25) is 0 Å². The molecule has 0 bridgehead atoms. The summed E-state index contributed by atoms with van der Waals surface area (Å²) in [5, 5.41) is 9.19. The molecule has 0 radical (unpaired) electrons. The quantitative estimate of drug-likeness (QED) is 0.787. The van der Waals surface area contributed by atoms with E-state index in [-0.39, 0.29) is 5.41 Å². The van der Waals surface area contributed by atoms with E-state index < -0.39 is 0 Å². The van der Waals surface area contributed by atoms with Gasteiger partial charge in [0.2, 0.25) is 0 Å². The van der Waals surface area contributed by atoms with E-state index >= 15 is 0 Å². The van der Waals surface area contributed by atoms with Crippen LogP contribution in [0.25, 0.3) is 0 Å². The molecule has 102 valence electrons. The van der Waals surface area contributed by atoms with Crippen LogP contribution in [0, 0.1) is 16.7 Å². The molecule has 0 spiro atoms. The third-order valence-electron chi connectivity index (χ3n) is 3.58. The Morgan fingerprint density at radius 1 is 1.26 bits per heavy atom. The molecular weight excluding hydrogens is 236 g/mol. The highest BCUT2D eigenvalue weighted by atomic mass is 16.5. The fourth-order valence-electron chi connectivity index (χ4n) is 2.52. The third-order valence-corrected chi connectivity index (χ3v) is 3.58. The first-order valence-electron chi connectivity index (χ1n) is 6.93. The fourth-order valence-corrected chi connectivity index (χ4v) is 2.52. The summed E-state index contributed by atoms with van der Waals surface area (Å²) >= 11 is 0. The van der Waals surface area contributed by atoms with Crippen LogP contribution in [0.15, 0.2) is 24.3 Å². The SMILES string of the molecule is CCCc1ccc(CN(C)CC2(C#N)COC2)cc1. The number of nitrogens with zero attached hydrogens (tertiary/aromatic N) is 2. The van der Waals surface area contributed by atoms with Gasteiger partial charge in [-0.05, 0) is 24.6 Å². The van der Waals surface area contributed by atoms with Crippen LogP contribution < -0.4 is 0 Å². The lowest BCUT2D eigenvalue weighted by molar-refractivity contribution is -0.0895. The fraction of sp³-hybridized carbons (Fsp3) is 0.562. The Bertz CT molecular complexity index is 443. The molecule has 1 aromatic rings. The maximum Gasteiger partial charge on any atom is 0.116 e. The van der Waals surface area contributed by atoms with Crippen molar-refractivity contribution in [3.05, 3.63) is 35.4 Å². The average Bonchev–Trinajstić information content (AvgIpc) is 2.37. The molecule has 1 fully saturated rings. The number of hydrogen-bond acceptors (Lipinski definition) is 3. The van der Waals surface area contributed by atoms with E-state index in [1.54, 1.807) is 0 Å². The zero-order chi connectivity index (χ0) is 13.7. The Balaban J connectivity index is 1.88. The second-order valence-corrected chi connectivity index (χ2v) is 5.62. The van der Waals surface area contributed by atoms with Gasteiger partial charge in [0.25, 0.3) is 0 Å². The Labute approximate surface area is 115 Å². The summed E-state index contributed by atoms with van der Waals surface area (Å²) in [6.07, 6.45) is 2.33. The van der Waals surface area contributed by atoms with Crippen molar-refractivity contribution in [1.82, 2.24) is 4.90 Å². The van der Waals surface area contributed by atoms with Gasteiger partial charge in [-0.3, -0.25) is 0 Å². The molecule has 0 unspecified atom stereocenters. The van der Waals surface area contributed by atoms with Crippen molar-refractivity contribution in [2.24, 2.45) is 5.41 Å². The molecule has 0 N–H and O–H groups in total. The van der Waals surface area contributed by atoms with Crippen LogP contribution in [0.5, 0.6) is 0 Å². The molecular formula is C16H22N2O. The lowest BCUT2D eigenvalue weighted by Crippen LogP contribution is -2.48. The molecule has 3 nitrogen and oxygen atoms in total. The van der Waals surface area contributed by atoms with Crippen molar-refractivity contribution >= 4 is 0 Å². The highest BCUT2D eigenvalue weighted by Crippen LogP contribution is 2.27. The van der Waals surface area contributed by atoms with Crippen molar-refractivity contribution in [3.63, 3.8) is 0 Å². The van der Waals surface area contributed by atoms with Gasteiger partial charge in [0.15, 0.2) is 0 Å². The lowest BCUT2D eigenvalue weighted by Gasteiger charge is -2.38. The van der Waals surface area contributed by atoms with Crippen LogP contribution in [-0.4, -0.2) is 31.7 Å². The van der Waals surface area contributed by atoms with E-state index in [9.17, 15) is 5.26 Å². The summed E-state index contributed by atoms with van der Waals surface area (Å²) in [7, 11) is 2.07. The monoisotopic (exact) mass is 258 g/mol. The van der Waals surface area contributed by atoms with Crippen LogP contribution in [0.3, 0.4) is 0 Å². The van der Waals surface area contributed by atoms with Gasteiger partial charge in [-0.15, -0.1) is 0 Å². The summed E-state index contributed by atoms with van der Waals surface area (Å²) in [6, 6.07) is 11.2. The molecule has 1 saturated heterocycles. The van der Waals surface area contributed by atoms with Crippen LogP contribution in [0.4, 0.5) is 0 Å². The average molecular weight is 258 g/mol. The second-order valence-electron chi connectivity index (χ2n) is 5.62. The molecule has 0 amide bonds. The van der Waals surface area contributed by atoms with Crippen LogP contribution in [0.1, 0.15) is 24.5 Å². The minimum atomic E-state index is -0.281. The number of nitriles is 1. The normalized spacial score (nSPS) is 16.9. The molecule has 1 aromatic carbocycles. The molecule has 3 heteroatoms. The first-order valence-corrected chi connectivity index (χ1v) is 6.93. The van der Waals surface area contributed by atoms with Crippen molar-refractivity contribution in [2.45, 2.75) is 26.3 Å². The van der Waals surface area contributed by atoms with Crippen molar-refractivity contribution < 1.29 is 4.74 Å². The zero-order valence-corrected chi connectivity index (χ0v) is 11.9. The van der Waals surface area contributed by atoms with Crippen LogP contribution in [-0.2, 0) is 17.7 Å². The molecule has 19 heavy (non-hydrogen) atoms. The van der Waals surface area contributed by atoms with E-state index in [1.165, 1.54) is 17.5 Å². The van der Waals surface area contributed by atoms with E-state index in [4.69, 9.17) is 4.74 Å². The molecule has 0 aliphatic carbocycles. The summed E-state index contributed by atoms with van der Waals surface area (Å²) in [5.74, 6) is 0. The van der Waals surface area contributed by atoms with E-state index in [0.29, 0.717) is 13.2 Å². The Morgan fingerprint density at radius 2 is 1.89 bits per heavy atom. The topological polar surface area (TPSA) is 36.3 Å². The highest BCUT2D eigenvalue weighted by molar-refractivity contribution is 5.22. The Hall–Kier alpha value is -1.37. The summed E-state index contributed by atoms with van der Waals surface area (Å²) in [6.45, 7) is 5.01. The molecule has 1 aliphatic heterocycles. The lowest BCUT2D eigenvalue weighted by atomic mass is 9.87. The predicted octanol–water partition coefficient (Wildman–Crippen LogP) is 2.61. The van der Waals surface area contributed by atoms with E-state index in [1.807, 2.05) is 0 Å². The summed E-state index contributed by atoms with van der Waals surface area (Å²) in [5.41, 5.74) is 2.42. The maximum atomic E-state index is 9.19. The van der Waals surface area contributed by atoms with Gasteiger partial charge in [-0.25, -0.2) is 0 Å². The Kier molecular flexibility index (Phi) is 4.57. The third kappa shape index (κ3) is 3.56. The number of rotatable bonds is 6. The first-order chi connectivity index (χ1) is 9.17. The van der Waals surface area contributed by atoms with E-state index in [0.717, 1.165) is 19.5 Å². The first kappa shape index (κ1) is 14.0. The van der Waals surface area contributed by atoms with Gasteiger partial charge >= 0.3 is 0 Å². The maximum absolute atomic E-state index is 9.19. The molecule has 1 aliphatic rings. The minimum Gasteiger partial charge on any atom is -0.378 e. The van der Waals surface area contributed by atoms with Gasteiger partial charge in [-0.1, -0.05) is 37.6 Å². The smallest absolute Gasteiger partial charge is 0.116 e. The van der Waals surface area contributed by atoms with E-state index in [2.05, 4.69) is 49.2 Å². The van der Waals surface area contributed by atoms with Gasteiger partial charge in [0, 0.05) is 13.1 Å². The summed E-state index contributed by atoms with van der Waals surface area (Å²) in [4.78, 5) is 2.21. The van der Waals surface area contributed by atoms with Gasteiger partial charge in [0.1, 0.15) is 5.41 Å². The van der Waals surface area contributed by atoms with Crippen LogP contribution >= 0.6 is 0 Å². The second kappa shape index (κ2) is 6.18. The van der Waals surface area contributed by atoms with Crippen molar-refractivity contribution in [3.8, 4) is 6.07 Å². The number of aryl methyl sites for hydroxylation is 1. The number of hydrogen-bond donors (Lipinski definition) is 0. The van der Waals surface area contributed by atoms with Gasteiger partial charge in [0.05, 0.1) is 19.3 Å².